The average molecular weight is 225 g/mol. The lowest BCUT2D eigenvalue weighted by Gasteiger charge is -2.09. The van der Waals surface area contributed by atoms with Crippen LogP contribution in [0.15, 0.2) is 18.2 Å². The summed E-state index contributed by atoms with van der Waals surface area (Å²) in [5.41, 5.74) is 6.42. The van der Waals surface area contributed by atoms with Crippen molar-refractivity contribution in [3.63, 3.8) is 0 Å². The molecule has 0 atom stereocenters. The largest absolute Gasteiger partial charge is 0.399 e. The second-order valence-electron chi connectivity index (χ2n) is 3.61. The SMILES string of the molecule is CCc1cc(N)cc2c(F)cc(F)c(F)c12. The fraction of sp³-hybridized carbons (Fsp3) is 0.167. The molecular weight excluding hydrogens is 215 g/mol. The highest BCUT2D eigenvalue weighted by atomic mass is 19.2. The summed E-state index contributed by atoms with van der Waals surface area (Å²) in [6.07, 6.45) is 0.460. The van der Waals surface area contributed by atoms with Gasteiger partial charge in [-0.25, -0.2) is 13.2 Å². The molecule has 0 unspecified atom stereocenters. The highest BCUT2D eigenvalue weighted by Gasteiger charge is 2.15. The van der Waals surface area contributed by atoms with Crippen molar-refractivity contribution in [2.45, 2.75) is 13.3 Å². The van der Waals surface area contributed by atoms with Crippen LogP contribution in [0.25, 0.3) is 10.8 Å². The molecule has 0 fully saturated rings. The summed E-state index contributed by atoms with van der Waals surface area (Å²) < 4.78 is 40.1. The van der Waals surface area contributed by atoms with Gasteiger partial charge >= 0.3 is 0 Å². The Morgan fingerprint density at radius 3 is 2.38 bits per heavy atom. The third-order valence-corrected chi connectivity index (χ3v) is 2.56. The number of benzene rings is 2. The van der Waals surface area contributed by atoms with Crippen LogP contribution in [0.4, 0.5) is 18.9 Å². The van der Waals surface area contributed by atoms with Crippen LogP contribution in [-0.2, 0) is 6.42 Å². The predicted octanol–water partition coefficient (Wildman–Crippen LogP) is 3.40. The molecule has 0 spiro atoms. The normalized spacial score (nSPS) is 11.0. The Kier molecular flexibility index (Phi) is 2.50. The third-order valence-electron chi connectivity index (χ3n) is 2.56. The van der Waals surface area contributed by atoms with E-state index in [1.165, 1.54) is 12.1 Å². The first kappa shape index (κ1) is 10.8. The van der Waals surface area contributed by atoms with Crippen molar-refractivity contribution in [3.05, 3.63) is 41.2 Å². The van der Waals surface area contributed by atoms with Crippen molar-refractivity contribution in [1.82, 2.24) is 0 Å². The van der Waals surface area contributed by atoms with E-state index in [-0.39, 0.29) is 10.8 Å². The Balaban J connectivity index is 2.99. The first-order valence-corrected chi connectivity index (χ1v) is 4.90. The molecule has 84 valence electrons. The topological polar surface area (TPSA) is 26.0 Å². The molecule has 2 aromatic carbocycles. The zero-order valence-electron chi connectivity index (χ0n) is 8.65. The summed E-state index contributed by atoms with van der Waals surface area (Å²) in [4.78, 5) is 0. The minimum absolute atomic E-state index is 0.0193. The number of hydrogen-bond donors (Lipinski definition) is 1. The van der Waals surface area contributed by atoms with Crippen molar-refractivity contribution in [2.24, 2.45) is 0 Å². The van der Waals surface area contributed by atoms with Gasteiger partial charge in [-0.1, -0.05) is 6.92 Å². The van der Waals surface area contributed by atoms with Gasteiger partial charge in [-0.15, -0.1) is 0 Å². The molecular formula is C12H10F3N. The second kappa shape index (κ2) is 3.70. The highest BCUT2D eigenvalue weighted by molar-refractivity contribution is 5.89. The van der Waals surface area contributed by atoms with Crippen LogP contribution >= 0.6 is 0 Å². The summed E-state index contributed by atoms with van der Waals surface area (Å²) >= 11 is 0. The van der Waals surface area contributed by atoms with E-state index in [0.29, 0.717) is 23.7 Å². The highest BCUT2D eigenvalue weighted by Crippen LogP contribution is 2.29. The number of nitrogens with two attached hydrogens (primary N) is 1. The maximum absolute atomic E-state index is 13.6. The molecule has 0 bridgehead atoms. The summed E-state index contributed by atoms with van der Waals surface area (Å²) in [6, 6.07) is 3.38. The van der Waals surface area contributed by atoms with Gasteiger partial charge in [0.15, 0.2) is 11.6 Å². The van der Waals surface area contributed by atoms with Crippen LogP contribution in [0.2, 0.25) is 0 Å². The maximum atomic E-state index is 13.6. The van der Waals surface area contributed by atoms with Gasteiger partial charge in [0.2, 0.25) is 0 Å². The molecule has 2 aromatic rings. The molecule has 0 aliphatic rings. The molecule has 2 N–H and O–H groups in total. The second-order valence-corrected chi connectivity index (χ2v) is 3.61. The zero-order chi connectivity index (χ0) is 11.9. The average Bonchev–Trinajstić information content (AvgIpc) is 2.25. The maximum Gasteiger partial charge on any atom is 0.167 e. The summed E-state index contributed by atoms with van der Waals surface area (Å²) in [7, 11) is 0. The Morgan fingerprint density at radius 1 is 1.06 bits per heavy atom. The Bertz CT molecular complexity index is 564. The van der Waals surface area contributed by atoms with Crippen molar-refractivity contribution in [2.75, 3.05) is 5.73 Å². The molecule has 0 amide bonds. The van der Waals surface area contributed by atoms with Crippen LogP contribution in [0.5, 0.6) is 0 Å². The van der Waals surface area contributed by atoms with Gasteiger partial charge in [-0.2, -0.15) is 0 Å². The van der Waals surface area contributed by atoms with Gasteiger partial charge in [0, 0.05) is 22.5 Å². The van der Waals surface area contributed by atoms with E-state index >= 15 is 0 Å². The van der Waals surface area contributed by atoms with Gasteiger partial charge < -0.3 is 5.73 Å². The molecule has 0 aliphatic carbocycles. The minimum Gasteiger partial charge on any atom is -0.399 e. The van der Waals surface area contributed by atoms with E-state index < -0.39 is 17.5 Å². The van der Waals surface area contributed by atoms with Gasteiger partial charge in [0.05, 0.1) is 0 Å². The minimum atomic E-state index is -1.18. The standard InChI is InChI=1S/C12H10F3N/c1-2-6-3-7(16)4-8-9(13)5-10(14)12(15)11(6)8/h3-5H,2,16H2,1H3. The number of hydrogen-bond acceptors (Lipinski definition) is 1. The first-order chi connectivity index (χ1) is 7.54. The Labute approximate surface area is 90.7 Å². The van der Waals surface area contributed by atoms with E-state index in [2.05, 4.69) is 0 Å². The number of anilines is 1. The van der Waals surface area contributed by atoms with Crippen molar-refractivity contribution in [3.8, 4) is 0 Å². The van der Waals surface area contributed by atoms with Crippen LogP contribution in [0, 0.1) is 17.5 Å². The Morgan fingerprint density at radius 2 is 1.75 bits per heavy atom. The van der Waals surface area contributed by atoms with E-state index in [9.17, 15) is 13.2 Å². The monoisotopic (exact) mass is 225 g/mol. The number of nitrogen functional groups attached to an aromatic ring is 1. The van der Waals surface area contributed by atoms with E-state index in [0.717, 1.165) is 0 Å². The molecule has 0 saturated carbocycles. The van der Waals surface area contributed by atoms with Gasteiger partial charge in [-0.3, -0.25) is 0 Å². The van der Waals surface area contributed by atoms with Crippen molar-refractivity contribution in [1.29, 1.82) is 0 Å². The molecule has 0 heterocycles. The van der Waals surface area contributed by atoms with Crippen LogP contribution in [-0.4, -0.2) is 0 Å². The lowest BCUT2D eigenvalue weighted by Crippen LogP contribution is -1.97. The molecule has 4 heteroatoms. The molecule has 0 radical (unpaired) electrons. The van der Waals surface area contributed by atoms with Gasteiger partial charge in [0.1, 0.15) is 5.82 Å². The quantitative estimate of drug-likeness (QED) is 0.584. The number of halogens is 3. The third kappa shape index (κ3) is 1.50. The molecule has 1 nitrogen and oxygen atoms in total. The van der Waals surface area contributed by atoms with Crippen molar-refractivity contribution >= 4 is 16.5 Å². The van der Waals surface area contributed by atoms with Crippen LogP contribution in [0.3, 0.4) is 0 Å². The summed E-state index contributed by atoms with van der Waals surface area (Å²) in [6.45, 7) is 1.77. The molecule has 16 heavy (non-hydrogen) atoms. The van der Waals surface area contributed by atoms with Crippen LogP contribution < -0.4 is 5.73 Å². The summed E-state index contributed by atoms with van der Waals surface area (Å²) in [5, 5.41) is 0.00458. The number of aryl methyl sites for hydroxylation is 1. The molecule has 0 aliphatic heterocycles. The molecule has 0 aromatic heterocycles. The summed E-state index contributed by atoms with van der Waals surface area (Å²) in [5.74, 6) is -2.99. The molecule has 2 rings (SSSR count). The smallest absolute Gasteiger partial charge is 0.167 e. The first-order valence-electron chi connectivity index (χ1n) is 4.90. The van der Waals surface area contributed by atoms with Gasteiger partial charge in [0.25, 0.3) is 0 Å². The van der Waals surface area contributed by atoms with E-state index in [1.807, 2.05) is 0 Å². The number of fused-ring (bicyclic) bond motifs is 1. The Hall–Kier alpha value is -1.71. The van der Waals surface area contributed by atoms with E-state index in [1.54, 1.807) is 6.92 Å². The van der Waals surface area contributed by atoms with E-state index in [4.69, 9.17) is 5.73 Å². The number of rotatable bonds is 1. The molecule has 0 saturated heterocycles. The lowest BCUT2D eigenvalue weighted by atomic mass is 10.0. The van der Waals surface area contributed by atoms with Gasteiger partial charge in [-0.05, 0) is 24.1 Å². The lowest BCUT2D eigenvalue weighted by molar-refractivity contribution is 0.505. The fourth-order valence-electron chi connectivity index (χ4n) is 1.83. The van der Waals surface area contributed by atoms with Crippen molar-refractivity contribution < 1.29 is 13.2 Å². The fourth-order valence-corrected chi connectivity index (χ4v) is 1.83. The van der Waals surface area contributed by atoms with Crippen LogP contribution in [0.1, 0.15) is 12.5 Å². The predicted molar refractivity (Wildman–Crippen MR) is 57.6 cm³/mol. The zero-order valence-corrected chi connectivity index (χ0v) is 8.65.